The molecule has 1 aliphatic heterocycles. The Hall–Kier alpha value is -1.13. The van der Waals surface area contributed by atoms with Gasteiger partial charge in [0.05, 0.1) is 11.8 Å². The zero-order valence-corrected chi connectivity index (χ0v) is 12.1. The second-order valence-corrected chi connectivity index (χ2v) is 5.88. The lowest BCUT2D eigenvalue weighted by atomic mass is 10.1. The summed E-state index contributed by atoms with van der Waals surface area (Å²) in [4.78, 5) is 2.15. The minimum Gasteiger partial charge on any atom is -0.377 e. The summed E-state index contributed by atoms with van der Waals surface area (Å²) in [5, 5.41) is 3.48. The Balaban J connectivity index is 1.81. The highest BCUT2D eigenvalue weighted by Gasteiger charge is 2.23. The van der Waals surface area contributed by atoms with E-state index in [0.29, 0.717) is 6.04 Å². The van der Waals surface area contributed by atoms with Crippen molar-refractivity contribution in [3.8, 4) is 0 Å². The molecule has 20 heavy (non-hydrogen) atoms. The Morgan fingerprint density at radius 2 is 2.25 bits per heavy atom. The van der Waals surface area contributed by atoms with Crippen LogP contribution in [0.5, 0.6) is 0 Å². The van der Waals surface area contributed by atoms with Gasteiger partial charge in [0.2, 0.25) is 0 Å². The lowest BCUT2D eigenvalue weighted by Crippen LogP contribution is -2.32. The van der Waals surface area contributed by atoms with Crippen molar-refractivity contribution < 1.29 is 9.13 Å². The van der Waals surface area contributed by atoms with Gasteiger partial charge in [-0.25, -0.2) is 4.39 Å². The molecule has 3 nitrogen and oxygen atoms in total. The Morgan fingerprint density at radius 1 is 1.40 bits per heavy atom. The summed E-state index contributed by atoms with van der Waals surface area (Å²) in [5.74, 6) is -0.116. The predicted octanol–water partition coefficient (Wildman–Crippen LogP) is 2.69. The summed E-state index contributed by atoms with van der Waals surface area (Å²) in [6, 6.07) is 6.04. The van der Waals surface area contributed by atoms with Gasteiger partial charge in [-0.05, 0) is 37.8 Å². The van der Waals surface area contributed by atoms with Crippen LogP contribution in [0.15, 0.2) is 18.2 Å². The van der Waals surface area contributed by atoms with E-state index in [1.807, 2.05) is 6.07 Å². The maximum atomic E-state index is 14.3. The van der Waals surface area contributed by atoms with Crippen molar-refractivity contribution in [1.82, 2.24) is 5.32 Å². The van der Waals surface area contributed by atoms with Gasteiger partial charge in [-0.15, -0.1) is 0 Å². The van der Waals surface area contributed by atoms with Crippen molar-refractivity contribution in [3.05, 3.63) is 29.6 Å². The molecule has 4 heteroatoms. The molecule has 1 heterocycles. The molecule has 0 aromatic heterocycles. The topological polar surface area (TPSA) is 24.5 Å². The number of nitrogens with zero attached hydrogens (tertiary/aromatic N) is 1. The lowest BCUT2D eigenvalue weighted by molar-refractivity contribution is 0.0820. The van der Waals surface area contributed by atoms with Crippen molar-refractivity contribution in [2.24, 2.45) is 0 Å². The second-order valence-electron chi connectivity index (χ2n) is 5.88. The molecule has 0 amide bonds. The van der Waals surface area contributed by atoms with Gasteiger partial charge in [0, 0.05) is 32.3 Å². The molecule has 0 radical (unpaired) electrons. The van der Waals surface area contributed by atoms with Crippen LogP contribution in [-0.4, -0.2) is 31.8 Å². The average molecular weight is 278 g/mol. The van der Waals surface area contributed by atoms with Crippen LogP contribution in [0.2, 0.25) is 0 Å². The van der Waals surface area contributed by atoms with E-state index in [9.17, 15) is 4.39 Å². The summed E-state index contributed by atoms with van der Waals surface area (Å²) >= 11 is 0. The highest BCUT2D eigenvalue weighted by molar-refractivity contribution is 5.55. The molecule has 2 aliphatic rings. The molecule has 1 N–H and O–H groups in total. The quantitative estimate of drug-likeness (QED) is 0.916. The summed E-state index contributed by atoms with van der Waals surface area (Å²) in [6.07, 6.45) is 3.61. The third-order valence-electron chi connectivity index (χ3n) is 4.00. The van der Waals surface area contributed by atoms with E-state index in [-0.39, 0.29) is 11.9 Å². The van der Waals surface area contributed by atoms with Gasteiger partial charge in [-0.2, -0.15) is 0 Å². The van der Waals surface area contributed by atoms with Gasteiger partial charge < -0.3 is 15.0 Å². The molecule has 1 saturated heterocycles. The van der Waals surface area contributed by atoms with E-state index in [4.69, 9.17) is 4.74 Å². The highest BCUT2D eigenvalue weighted by Crippen LogP contribution is 2.27. The standard InChI is InChI=1S/C16H23FN2O/c1-12-11-19(8-3-9-20-12)16-13(4-2-5-15(16)17)10-18-14-6-7-14/h2,4-5,12,14,18H,3,6-11H2,1H3. The second kappa shape index (κ2) is 6.10. The molecule has 1 aromatic carbocycles. The van der Waals surface area contributed by atoms with Crippen molar-refractivity contribution in [2.75, 3.05) is 24.6 Å². The van der Waals surface area contributed by atoms with Crippen molar-refractivity contribution in [2.45, 2.75) is 44.9 Å². The SMILES string of the molecule is CC1CN(c2c(F)cccc2CNC2CC2)CCCO1. The minimum absolute atomic E-state index is 0.116. The maximum absolute atomic E-state index is 14.3. The van der Waals surface area contributed by atoms with Crippen LogP contribution in [0.1, 0.15) is 31.7 Å². The monoisotopic (exact) mass is 278 g/mol. The predicted molar refractivity (Wildman–Crippen MR) is 78.5 cm³/mol. The molecule has 1 unspecified atom stereocenters. The first-order valence-corrected chi connectivity index (χ1v) is 7.61. The largest absolute Gasteiger partial charge is 0.377 e. The fourth-order valence-corrected chi connectivity index (χ4v) is 2.80. The smallest absolute Gasteiger partial charge is 0.146 e. The molecule has 1 atom stereocenters. The van der Waals surface area contributed by atoms with Gasteiger partial charge in [0.25, 0.3) is 0 Å². The molecule has 3 rings (SSSR count). The molecular formula is C16H23FN2O. The molecule has 0 bridgehead atoms. The molecular weight excluding hydrogens is 255 g/mol. The number of ether oxygens (including phenoxy) is 1. The fourth-order valence-electron chi connectivity index (χ4n) is 2.80. The number of hydrogen-bond acceptors (Lipinski definition) is 3. The summed E-state index contributed by atoms with van der Waals surface area (Å²) < 4.78 is 20.0. The molecule has 0 spiro atoms. The number of hydrogen-bond donors (Lipinski definition) is 1. The number of nitrogens with one attached hydrogen (secondary N) is 1. The van der Waals surface area contributed by atoms with E-state index in [1.165, 1.54) is 12.8 Å². The summed E-state index contributed by atoms with van der Waals surface area (Å²) in [6.45, 7) is 5.20. The van der Waals surface area contributed by atoms with Crippen molar-refractivity contribution in [3.63, 3.8) is 0 Å². The third-order valence-corrected chi connectivity index (χ3v) is 4.00. The van der Waals surface area contributed by atoms with Gasteiger partial charge >= 0.3 is 0 Å². The van der Waals surface area contributed by atoms with E-state index in [1.54, 1.807) is 12.1 Å². The van der Waals surface area contributed by atoms with E-state index in [0.717, 1.165) is 43.9 Å². The normalized spacial score (nSPS) is 23.7. The van der Waals surface area contributed by atoms with Gasteiger partial charge in [0.15, 0.2) is 0 Å². The summed E-state index contributed by atoms with van der Waals surface area (Å²) in [7, 11) is 0. The van der Waals surface area contributed by atoms with Crippen LogP contribution in [0.25, 0.3) is 0 Å². The zero-order chi connectivity index (χ0) is 13.9. The van der Waals surface area contributed by atoms with Crippen molar-refractivity contribution in [1.29, 1.82) is 0 Å². The Kier molecular flexibility index (Phi) is 4.22. The van der Waals surface area contributed by atoms with E-state index >= 15 is 0 Å². The highest BCUT2D eigenvalue weighted by atomic mass is 19.1. The van der Waals surface area contributed by atoms with Crippen LogP contribution >= 0.6 is 0 Å². The van der Waals surface area contributed by atoms with Gasteiger partial charge in [-0.3, -0.25) is 0 Å². The van der Waals surface area contributed by atoms with E-state index in [2.05, 4.69) is 17.1 Å². The van der Waals surface area contributed by atoms with Crippen LogP contribution in [0.3, 0.4) is 0 Å². The number of para-hydroxylation sites is 1. The molecule has 1 saturated carbocycles. The Bertz CT molecular complexity index is 462. The molecule has 1 aliphatic carbocycles. The molecule has 110 valence electrons. The Labute approximate surface area is 120 Å². The first-order valence-electron chi connectivity index (χ1n) is 7.61. The van der Waals surface area contributed by atoms with Crippen molar-refractivity contribution >= 4 is 5.69 Å². The van der Waals surface area contributed by atoms with Gasteiger partial charge in [0.1, 0.15) is 5.82 Å². The first-order chi connectivity index (χ1) is 9.74. The first kappa shape index (κ1) is 13.8. The van der Waals surface area contributed by atoms with Crippen LogP contribution < -0.4 is 10.2 Å². The molecule has 2 fully saturated rings. The van der Waals surface area contributed by atoms with Crippen LogP contribution in [-0.2, 0) is 11.3 Å². The van der Waals surface area contributed by atoms with E-state index < -0.39 is 0 Å². The molecule has 1 aromatic rings. The number of anilines is 1. The lowest BCUT2D eigenvalue weighted by Gasteiger charge is -2.27. The van der Waals surface area contributed by atoms with Crippen LogP contribution in [0.4, 0.5) is 10.1 Å². The zero-order valence-electron chi connectivity index (χ0n) is 12.1. The third kappa shape index (κ3) is 3.30. The fraction of sp³-hybridized carbons (Fsp3) is 0.625. The number of benzene rings is 1. The maximum Gasteiger partial charge on any atom is 0.146 e. The average Bonchev–Trinajstić information content (AvgIpc) is 3.24. The number of halogens is 1. The number of rotatable bonds is 4. The van der Waals surface area contributed by atoms with Crippen LogP contribution in [0, 0.1) is 5.82 Å². The summed E-state index contributed by atoms with van der Waals surface area (Å²) in [5.41, 5.74) is 1.82. The Morgan fingerprint density at radius 3 is 3.05 bits per heavy atom. The van der Waals surface area contributed by atoms with Gasteiger partial charge in [-0.1, -0.05) is 12.1 Å². The minimum atomic E-state index is -0.116.